The lowest BCUT2D eigenvalue weighted by Gasteiger charge is -2.26. The van der Waals surface area contributed by atoms with Crippen molar-refractivity contribution in [2.24, 2.45) is 0 Å². The molecular formula is C24H42. The molecule has 0 amide bonds. The molecule has 0 fully saturated rings. The van der Waals surface area contributed by atoms with E-state index in [0.717, 1.165) is 0 Å². The molecule has 1 aromatic rings. The maximum Gasteiger partial charge on any atom is -0.0185 e. The van der Waals surface area contributed by atoms with Gasteiger partial charge in [0.15, 0.2) is 0 Å². The molecule has 0 aromatic heterocycles. The van der Waals surface area contributed by atoms with E-state index in [-0.39, 0.29) is 0 Å². The Hall–Kier alpha value is -0.780. The first-order valence-electron chi connectivity index (χ1n) is 10.6. The quantitative estimate of drug-likeness (QED) is 0.361. The second-order valence-corrected chi connectivity index (χ2v) is 7.85. The molecule has 0 aliphatic heterocycles. The van der Waals surface area contributed by atoms with Gasteiger partial charge in [-0.1, -0.05) is 59.8 Å². The van der Waals surface area contributed by atoms with E-state index in [0.29, 0.717) is 5.92 Å². The summed E-state index contributed by atoms with van der Waals surface area (Å²) in [5.74, 6) is 0.699. The Morgan fingerprint density at radius 2 is 1.08 bits per heavy atom. The largest absolute Gasteiger partial charge is 0.0654 e. The van der Waals surface area contributed by atoms with E-state index in [4.69, 9.17) is 0 Å². The number of hydrogen-bond donors (Lipinski definition) is 0. The lowest BCUT2D eigenvalue weighted by molar-refractivity contribution is 0.647. The average Bonchev–Trinajstić information content (AvgIpc) is 2.54. The minimum atomic E-state index is 0.699. The highest BCUT2D eigenvalue weighted by atomic mass is 14.2. The summed E-state index contributed by atoms with van der Waals surface area (Å²) in [4.78, 5) is 0. The van der Waals surface area contributed by atoms with E-state index >= 15 is 0 Å². The molecule has 24 heavy (non-hydrogen) atoms. The van der Waals surface area contributed by atoms with Crippen LogP contribution < -0.4 is 0 Å². The third kappa shape index (κ3) is 5.36. The van der Waals surface area contributed by atoms with Crippen molar-refractivity contribution in [2.45, 2.75) is 119 Å². The fourth-order valence-corrected chi connectivity index (χ4v) is 4.52. The molecule has 0 radical (unpaired) electrons. The molecule has 1 aromatic carbocycles. The van der Waals surface area contributed by atoms with Gasteiger partial charge in [0.25, 0.3) is 0 Å². The standard InChI is InChI=1S/C24H42/c1-8-11-13-16-22-19(5)23(17-14-12-9-2)21(7)24(20(22)6)18(4)15-10-3/h18H,8-17H2,1-7H3. The molecule has 0 nitrogen and oxygen atoms in total. The lowest BCUT2D eigenvalue weighted by Crippen LogP contribution is -2.10. The van der Waals surface area contributed by atoms with Crippen LogP contribution in [0.1, 0.15) is 118 Å². The van der Waals surface area contributed by atoms with Gasteiger partial charge in [-0.15, -0.1) is 0 Å². The van der Waals surface area contributed by atoms with Gasteiger partial charge in [-0.25, -0.2) is 0 Å². The number of hydrogen-bond acceptors (Lipinski definition) is 0. The second kappa shape index (κ2) is 11.0. The van der Waals surface area contributed by atoms with Crippen LogP contribution >= 0.6 is 0 Å². The monoisotopic (exact) mass is 330 g/mol. The van der Waals surface area contributed by atoms with Crippen LogP contribution in [0.4, 0.5) is 0 Å². The summed E-state index contributed by atoms with van der Waals surface area (Å²) in [7, 11) is 0. The van der Waals surface area contributed by atoms with Gasteiger partial charge >= 0.3 is 0 Å². The zero-order valence-corrected chi connectivity index (χ0v) is 17.6. The molecule has 138 valence electrons. The van der Waals surface area contributed by atoms with Crippen LogP contribution in [-0.2, 0) is 12.8 Å². The summed E-state index contributed by atoms with van der Waals surface area (Å²) >= 11 is 0. The molecule has 0 aliphatic rings. The molecule has 1 unspecified atom stereocenters. The first-order valence-corrected chi connectivity index (χ1v) is 10.6. The third-order valence-electron chi connectivity index (χ3n) is 5.89. The number of rotatable bonds is 11. The zero-order valence-electron chi connectivity index (χ0n) is 17.6. The van der Waals surface area contributed by atoms with Crippen molar-refractivity contribution in [3.05, 3.63) is 33.4 Å². The van der Waals surface area contributed by atoms with Gasteiger partial charge < -0.3 is 0 Å². The van der Waals surface area contributed by atoms with E-state index in [1.54, 1.807) is 33.4 Å². The first kappa shape index (κ1) is 21.3. The summed E-state index contributed by atoms with van der Waals surface area (Å²) in [6.07, 6.45) is 13.2. The summed E-state index contributed by atoms with van der Waals surface area (Å²) in [6, 6.07) is 0. The maximum atomic E-state index is 2.44. The Kier molecular flexibility index (Phi) is 9.71. The van der Waals surface area contributed by atoms with E-state index in [2.05, 4.69) is 48.5 Å². The minimum absolute atomic E-state index is 0.699. The van der Waals surface area contributed by atoms with Gasteiger partial charge in [-0.2, -0.15) is 0 Å². The summed E-state index contributed by atoms with van der Waals surface area (Å²) in [5.41, 5.74) is 9.88. The van der Waals surface area contributed by atoms with Crippen LogP contribution in [0.2, 0.25) is 0 Å². The van der Waals surface area contributed by atoms with Gasteiger partial charge in [-0.3, -0.25) is 0 Å². The minimum Gasteiger partial charge on any atom is -0.0654 e. The van der Waals surface area contributed by atoms with E-state index in [1.807, 2.05) is 0 Å². The van der Waals surface area contributed by atoms with Gasteiger partial charge in [0.05, 0.1) is 0 Å². The third-order valence-corrected chi connectivity index (χ3v) is 5.89. The van der Waals surface area contributed by atoms with Crippen molar-refractivity contribution in [3.8, 4) is 0 Å². The molecule has 0 aliphatic carbocycles. The fraction of sp³-hybridized carbons (Fsp3) is 0.750. The Bertz CT molecular complexity index is 458. The van der Waals surface area contributed by atoms with Crippen molar-refractivity contribution < 1.29 is 0 Å². The molecule has 1 rings (SSSR count). The van der Waals surface area contributed by atoms with Crippen molar-refractivity contribution in [3.63, 3.8) is 0 Å². The zero-order chi connectivity index (χ0) is 18.1. The van der Waals surface area contributed by atoms with Crippen molar-refractivity contribution in [2.75, 3.05) is 0 Å². The smallest absolute Gasteiger partial charge is 0.0185 e. The van der Waals surface area contributed by atoms with Crippen LogP contribution in [0.15, 0.2) is 0 Å². The topological polar surface area (TPSA) is 0 Å². The van der Waals surface area contributed by atoms with Crippen LogP contribution in [0.5, 0.6) is 0 Å². The van der Waals surface area contributed by atoms with E-state index < -0.39 is 0 Å². The molecular weight excluding hydrogens is 288 g/mol. The summed E-state index contributed by atoms with van der Waals surface area (Å²) in [5, 5.41) is 0. The van der Waals surface area contributed by atoms with Gasteiger partial charge in [0.1, 0.15) is 0 Å². The predicted molar refractivity (Wildman–Crippen MR) is 110 cm³/mol. The second-order valence-electron chi connectivity index (χ2n) is 7.85. The van der Waals surface area contributed by atoms with Crippen molar-refractivity contribution in [1.29, 1.82) is 0 Å². The molecule has 0 saturated carbocycles. The summed E-state index contributed by atoms with van der Waals surface area (Å²) < 4.78 is 0. The van der Waals surface area contributed by atoms with E-state index in [9.17, 15) is 0 Å². The Morgan fingerprint density at radius 1 is 0.625 bits per heavy atom. The average molecular weight is 331 g/mol. The lowest BCUT2D eigenvalue weighted by atomic mass is 9.79. The van der Waals surface area contributed by atoms with Gasteiger partial charge in [-0.05, 0) is 92.2 Å². The van der Waals surface area contributed by atoms with Gasteiger partial charge in [0, 0.05) is 0 Å². The SMILES string of the molecule is CCCCCc1c(C)c(CCCCC)c(C)c(C(C)CCC)c1C. The van der Waals surface area contributed by atoms with Crippen LogP contribution in [0.25, 0.3) is 0 Å². The highest BCUT2D eigenvalue weighted by Gasteiger charge is 2.19. The Morgan fingerprint density at radius 3 is 1.46 bits per heavy atom. The molecule has 0 bridgehead atoms. The number of benzene rings is 1. The first-order chi connectivity index (χ1) is 11.5. The maximum absolute atomic E-state index is 2.44. The molecule has 0 saturated heterocycles. The van der Waals surface area contributed by atoms with Crippen LogP contribution in [0, 0.1) is 20.8 Å². The Labute approximate surface area is 152 Å². The fourth-order valence-electron chi connectivity index (χ4n) is 4.52. The van der Waals surface area contributed by atoms with Crippen molar-refractivity contribution in [1.82, 2.24) is 0 Å². The highest BCUT2D eigenvalue weighted by molar-refractivity contribution is 5.52. The molecule has 0 heterocycles. The van der Waals surface area contributed by atoms with Crippen molar-refractivity contribution >= 4 is 0 Å². The predicted octanol–water partition coefficient (Wildman–Crippen LogP) is 7.98. The van der Waals surface area contributed by atoms with Gasteiger partial charge in [0.2, 0.25) is 0 Å². The van der Waals surface area contributed by atoms with E-state index in [1.165, 1.54) is 64.2 Å². The highest BCUT2D eigenvalue weighted by Crippen LogP contribution is 2.35. The normalized spacial score (nSPS) is 12.6. The molecule has 0 heteroatoms. The summed E-state index contributed by atoms with van der Waals surface area (Å²) in [6.45, 7) is 16.6. The molecule has 0 spiro atoms. The van der Waals surface area contributed by atoms with Crippen LogP contribution in [0.3, 0.4) is 0 Å². The number of unbranched alkanes of at least 4 members (excludes halogenated alkanes) is 4. The molecule has 1 atom stereocenters. The Balaban J connectivity index is 3.29. The van der Waals surface area contributed by atoms with Crippen LogP contribution in [-0.4, -0.2) is 0 Å². The molecule has 0 N–H and O–H groups in total.